The van der Waals surface area contributed by atoms with E-state index < -0.39 is 0 Å². The van der Waals surface area contributed by atoms with Gasteiger partial charge in [-0.05, 0) is 11.2 Å². The van der Waals surface area contributed by atoms with Gasteiger partial charge in [0.2, 0.25) is 0 Å². The number of nitrogen functional groups attached to an aromatic ring is 1. The van der Waals surface area contributed by atoms with E-state index in [-0.39, 0.29) is 5.95 Å². The van der Waals surface area contributed by atoms with Crippen LogP contribution in [-0.2, 0) is 6.42 Å². The van der Waals surface area contributed by atoms with E-state index in [1.165, 1.54) is 0 Å². The minimum atomic E-state index is 0.137. The first-order valence-electron chi connectivity index (χ1n) is 3.97. The van der Waals surface area contributed by atoms with Gasteiger partial charge in [-0.25, -0.2) is 0 Å². The number of nitrogens with two attached hydrogens (primary N) is 1. The van der Waals surface area contributed by atoms with E-state index in [1.807, 2.05) is 6.92 Å². The molecule has 0 aromatic carbocycles. The third-order valence-electron chi connectivity index (χ3n) is 1.74. The lowest BCUT2D eigenvalue weighted by Gasteiger charge is -1.91. The third-order valence-corrected chi connectivity index (χ3v) is 1.74. The van der Waals surface area contributed by atoms with Crippen molar-refractivity contribution in [2.45, 2.75) is 13.3 Å². The van der Waals surface area contributed by atoms with Gasteiger partial charge in [-0.1, -0.05) is 6.92 Å². The first-order valence-corrected chi connectivity index (χ1v) is 3.97. The van der Waals surface area contributed by atoms with Gasteiger partial charge in [-0.15, -0.1) is 0 Å². The Balaban J connectivity index is 2.45. The molecular formula is C8H9N3O2. The maximum Gasteiger partial charge on any atom is 0.263 e. The average molecular weight is 179 g/mol. The fraction of sp³-hybridized carbons (Fsp3) is 0.250. The second-order valence-corrected chi connectivity index (χ2v) is 2.57. The highest BCUT2D eigenvalue weighted by atomic mass is 16.5. The highest BCUT2D eigenvalue weighted by molar-refractivity contribution is 5.56. The second-order valence-electron chi connectivity index (χ2n) is 2.57. The standard InChI is InChI=1S/C8H9N3O2/c1-2-6-5(3-4-12-6)7-10-8(9)11-13-7/h3-4H,2H2,1H3,(H2,9,11). The fourth-order valence-electron chi connectivity index (χ4n) is 1.15. The Morgan fingerprint density at radius 3 is 3.00 bits per heavy atom. The Kier molecular flexibility index (Phi) is 1.77. The normalized spacial score (nSPS) is 10.5. The Bertz CT molecular complexity index is 405. The van der Waals surface area contributed by atoms with Crippen molar-refractivity contribution >= 4 is 5.95 Å². The topological polar surface area (TPSA) is 78.1 Å². The van der Waals surface area contributed by atoms with Crippen molar-refractivity contribution < 1.29 is 8.94 Å². The Morgan fingerprint density at radius 1 is 1.54 bits per heavy atom. The summed E-state index contributed by atoms with van der Waals surface area (Å²) in [6, 6.07) is 1.78. The van der Waals surface area contributed by atoms with Gasteiger partial charge in [0.05, 0.1) is 11.8 Å². The van der Waals surface area contributed by atoms with Crippen LogP contribution < -0.4 is 5.73 Å². The monoisotopic (exact) mass is 179 g/mol. The van der Waals surface area contributed by atoms with Crippen LogP contribution in [0.1, 0.15) is 12.7 Å². The molecule has 68 valence electrons. The molecule has 5 heteroatoms. The molecule has 5 nitrogen and oxygen atoms in total. The molecule has 0 aliphatic heterocycles. The molecule has 0 radical (unpaired) electrons. The van der Waals surface area contributed by atoms with Crippen LogP contribution in [0, 0.1) is 0 Å². The number of aryl methyl sites for hydroxylation is 1. The predicted molar refractivity (Wildman–Crippen MR) is 45.8 cm³/mol. The Hall–Kier alpha value is -1.78. The van der Waals surface area contributed by atoms with Gasteiger partial charge in [0.15, 0.2) is 0 Å². The van der Waals surface area contributed by atoms with E-state index >= 15 is 0 Å². The SMILES string of the molecule is CCc1occc1-c1nc(N)no1. The van der Waals surface area contributed by atoms with Crippen LogP contribution in [0.2, 0.25) is 0 Å². The highest BCUT2D eigenvalue weighted by Gasteiger charge is 2.12. The van der Waals surface area contributed by atoms with Crippen LogP contribution in [0.5, 0.6) is 0 Å². The van der Waals surface area contributed by atoms with Crippen molar-refractivity contribution in [3.8, 4) is 11.5 Å². The van der Waals surface area contributed by atoms with Crippen LogP contribution in [-0.4, -0.2) is 10.1 Å². The average Bonchev–Trinajstić information content (AvgIpc) is 2.71. The molecule has 0 amide bonds. The molecular weight excluding hydrogens is 170 g/mol. The first-order chi connectivity index (χ1) is 6.31. The summed E-state index contributed by atoms with van der Waals surface area (Å²) in [4.78, 5) is 3.90. The maximum atomic E-state index is 5.33. The molecule has 2 aromatic heterocycles. The summed E-state index contributed by atoms with van der Waals surface area (Å²) in [5.41, 5.74) is 6.14. The number of hydrogen-bond donors (Lipinski definition) is 1. The lowest BCUT2D eigenvalue weighted by atomic mass is 10.2. The molecule has 0 atom stereocenters. The van der Waals surface area contributed by atoms with Crippen molar-refractivity contribution in [2.24, 2.45) is 0 Å². The van der Waals surface area contributed by atoms with Crippen molar-refractivity contribution in [1.29, 1.82) is 0 Å². The lowest BCUT2D eigenvalue weighted by molar-refractivity contribution is 0.430. The van der Waals surface area contributed by atoms with Gasteiger partial charge < -0.3 is 14.7 Å². The molecule has 0 fully saturated rings. The van der Waals surface area contributed by atoms with Crippen LogP contribution in [0.25, 0.3) is 11.5 Å². The van der Waals surface area contributed by atoms with Gasteiger partial charge in [-0.2, -0.15) is 4.98 Å². The van der Waals surface area contributed by atoms with Crippen molar-refractivity contribution in [2.75, 3.05) is 5.73 Å². The van der Waals surface area contributed by atoms with Crippen molar-refractivity contribution in [3.05, 3.63) is 18.1 Å². The maximum absolute atomic E-state index is 5.33. The fourth-order valence-corrected chi connectivity index (χ4v) is 1.15. The first kappa shape index (κ1) is 7.85. The van der Waals surface area contributed by atoms with E-state index in [0.29, 0.717) is 5.89 Å². The van der Waals surface area contributed by atoms with Gasteiger partial charge >= 0.3 is 0 Å². The van der Waals surface area contributed by atoms with E-state index in [1.54, 1.807) is 12.3 Å². The van der Waals surface area contributed by atoms with Crippen molar-refractivity contribution in [1.82, 2.24) is 10.1 Å². The molecule has 0 aliphatic rings. The molecule has 0 unspecified atom stereocenters. The summed E-state index contributed by atoms with van der Waals surface area (Å²) in [6.45, 7) is 1.99. The van der Waals surface area contributed by atoms with Gasteiger partial charge in [-0.3, -0.25) is 0 Å². The van der Waals surface area contributed by atoms with Gasteiger partial charge in [0.25, 0.3) is 11.8 Å². The lowest BCUT2D eigenvalue weighted by Crippen LogP contribution is -1.86. The van der Waals surface area contributed by atoms with E-state index in [0.717, 1.165) is 17.7 Å². The summed E-state index contributed by atoms with van der Waals surface area (Å²) in [5.74, 6) is 1.37. The third kappa shape index (κ3) is 1.28. The molecule has 0 spiro atoms. The van der Waals surface area contributed by atoms with Gasteiger partial charge in [0.1, 0.15) is 5.76 Å². The number of rotatable bonds is 2. The van der Waals surface area contributed by atoms with Crippen molar-refractivity contribution in [3.63, 3.8) is 0 Å². The number of furan rings is 1. The number of aromatic nitrogens is 2. The zero-order valence-electron chi connectivity index (χ0n) is 7.15. The molecule has 0 saturated carbocycles. The number of anilines is 1. The Labute approximate surface area is 74.5 Å². The summed E-state index contributed by atoms with van der Waals surface area (Å²) in [6.07, 6.45) is 2.37. The summed E-state index contributed by atoms with van der Waals surface area (Å²) < 4.78 is 10.1. The number of hydrogen-bond acceptors (Lipinski definition) is 5. The summed E-state index contributed by atoms with van der Waals surface area (Å²) >= 11 is 0. The van der Waals surface area contributed by atoms with E-state index in [2.05, 4.69) is 10.1 Å². The molecule has 2 aromatic rings. The molecule has 0 bridgehead atoms. The minimum Gasteiger partial charge on any atom is -0.469 e. The number of nitrogens with zero attached hydrogens (tertiary/aromatic N) is 2. The van der Waals surface area contributed by atoms with E-state index in [9.17, 15) is 0 Å². The van der Waals surface area contributed by atoms with Crippen LogP contribution in [0.15, 0.2) is 21.3 Å². The van der Waals surface area contributed by atoms with Gasteiger partial charge in [0, 0.05) is 6.42 Å². The van der Waals surface area contributed by atoms with Crippen LogP contribution >= 0.6 is 0 Å². The Morgan fingerprint density at radius 2 is 2.38 bits per heavy atom. The predicted octanol–water partition coefficient (Wildman–Crippen LogP) is 1.47. The summed E-state index contributed by atoms with van der Waals surface area (Å²) in [5, 5.41) is 3.50. The minimum absolute atomic E-state index is 0.137. The van der Waals surface area contributed by atoms with E-state index in [4.69, 9.17) is 14.7 Å². The molecule has 0 aliphatic carbocycles. The quantitative estimate of drug-likeness (QED) is 0.755. The second kappa shape index (κ2) is 2.93. The molecule has 2 rings (SSSR count). The highest BCUT2D eigenvalue weighted by Crippen LogP contribution is 2.23. The largest absolute Gasteiger partial charge is 0.469 e. The zero-order chi connectivity index (χ0) is 9.26. The van der Waals surface area contributed by atoms with Crippen LogP contribution in [0.4, 0.5) is 5.95 Å². The molecule has 0 saturated heterocycles. The smallest absolute Gasteiger partial charge is 0.263 e. The summed E-state index contributed by atoms with van der Waals surface area (Å²) in [7, 11) is 0. The molecule has 2 heterocycles. The van der Waals surface area contributed by atoms with Crippen LogP contribution in [0.3, 0.4) is 0 Å². The molecule has 13 heavy (non-hydrogen) atoms. The zero-order valence-corrected chi connectivity index (χ0v) is 7.15. The molecule has 2 N–H and O–H groups in total.